The maximum Gasteiger partial charge on any atom is 0.325 e. The van der Waals surface area contributed by atoms with E-state index in [4.69, 9.17) is 25.8 Å². The third-order valence-corrected chi connectivity index (χ3v) is 6.24. The number of amidine groups is 1. The molecule has 0 spiro atoms. The molecule has 0 amide bonds. The van der Waals surface area contributed by atoms with Gasteiger partial charge in [-0.05, 0) is 42.3 Å². The molecule has 3 aromatic rings. The first-order chi connectivity index (χ1) is 16.7. The summed E-state index contributed by atoms with van der Waals surface area (Å²) < 4.78 is 34.4. The van der Waals surface area contributed by atoms with Crippen molar-refractivity contribution in [2.45, 2.75) is 11.3 Å². The second kappa shape index (κ2) is 11.5. The lowest BCUT2D eigenvalue weighted by atomic mass is 10.1. The lowest BCUT2D eigenvalue weighted by Crippen LogP contribution is -2.32. The highest BCUT2D eigenvalue weighted by Gasteiger charge is 2.15. The summed E-state index contributed by atoms with van der Waals surface area (Å²) in [4.78, 5) is 13.8. The van der Waals surface area contributed by atoms with Gasteiger partial charge in [-0.25, -0.2) is 13.6 Å². The number of nitrogens with zero attached hydrogens (tertiary/aromatic N) is 1. The van der Waals surface area contributed by atoms with Crippen LogP contribution in [0.2, 0.25) is 0 Å². The molecule has 0 bridgehead atoms. The van der Waals surface area contributed by atoms with Crippen LogP contribution in [0, 0.1) is 5.41 Å². The molecular formula is C25H28N4O5S. The number of nitrogen functional groups attached to an aromatic ring is 1. The van der Waals surface area contributed by atoms with Crippen LogP contribution in [0.5, 0.6) is 5.75 Å². The number of carbonyl (C=O) groups is 1. The molecule has 0 radical (unpaired) electrons. The second-order valence-electron chi connectivity index (χ2n) is 7.73. The number of carbonyl (C=O) groups excluding carboxylic acids is 1. The Labute approximate surface area is 204 Å². The SMILES string of the molecule is COC(=O)CN(CCCOc1ccc(-c2ccccc2S(N)(=O)=O)cc1)c1cccc(C(=N)N)c1. The van der Waals surface area contributed by atoms with Gasteiger partial charge in [-0.1, -0.05) is 42.5 Å². The molecule has 0 heterocycles. The number of nitrogens with one attached hydrogen (secondary N) is 1. The van der Waals surface area contributed by atoms with Crippen LogP contribution in [-0.2, 0) is 19.6 Å². The van der Waals surface area contributed by atoms with Gasteiger partial charge < -0.3 is 20.1 Å². The predicted molar refractivity (Wildman–Crippen MR) is 135 cm³/mol. The fraction of sp³-hybridized carbons (Fsp3) is 0.200. The minimum absolute atomic E-state index is 0.0516. The Bertz CT molecular complexity index is 1290. The van der Waals surface area contributed by atoms with Gasteiger partial charge in [0.15, 0.2) is 0 Å². The Balaban J connectivity index is 1.63. The van der Waals surface area contributed by atoms with E-state index < -0.39 is 10.0 Å². The average Bonchev–Trinajstić information content (AvgIpc) is 2.85. The molecule has 9 nitrogen and oxygen atoms in total. The number of hydrogen-bond donors (Lipinski definition) is 3. The number of methoxy groups -OCH3 is 1. The summed E-state index contributed by atoms with van der Waals surface area (Å²) in [5, 5.41) is 13.0. The van der Waals surface area contributed by atoms with Crippen molar-refractivity contribution in [1.29, 1.82) is 5.41 Å². The first kappa shape index (κ1) is 25.7. The van der Waals surface area contributed by atoms with Gasteiger partial charge >= 0.3 is 5.97 Å². The molecule has 0 saturated heterocycles. The summed E-state index contributed by atoms with van der Waals surface area (Å²) in [6.45, 7) is 0.948. The van der Waals surface area contributed by atoms with E-state index in [9.17, 15) is 13.2 Å². The van der Waals surface area contributed by atoms with Gasteiger partial charge in [-0.3, -0.25) is 10.2 Å². The minimum Gasteiger partial charge on any atom is -0.494 e. The largest absolute Gasteiger partial charge is 0.494 e. The molecule has 0 aliphatic heterocycles. The highest BCUT2D eigenvalue weighted by atomic mass is 32.2. The number of sulfonamides is 1. The van der Waals surface area contributed by atoms with Crippen LogP contribution in [-0.4, -0.2) is 47.0 Å². The molecule has 10 heteroatoms. The number of primary sulfonamides is 1. The molecule has 0 fully saturated rings. The standard InChI is InChI=1S/C25H28N4O5S/c1-33-24(30)17-29(20-7-4-6-19(16-20)25(26)27)14-5-15-34-21-12-10-18(11-13-21)22-8-2-3-9-23(22)35(28,31)32/h2-4,6-13,16H,5,14-15,17H2,1H3,(H3,26,27)(H2,28,31,32). The van der Waals surface area contributed by atoms with E-state index in [2.05, 4.69) is 0 Å². The van der Waals surface area contributed by atoms with Crippen molar-refractivity contribution in [3.63, 3.8) is 0 Å². The Hall–Kier alpha value is -3.89. The van der Waals surface area contributed by atoms with Gasteiger partial charge in [0, 0.05) is 23.4 Å². The molecule has 0 aliphatic carbocycles. The quantitative estimate of drug-likeness (QED) is 0.160. The molecule has 0 saturated carbocycles. The van der Waals surface area contributed by atoms with Crippen molar-refractivity contribution >= 4 is 27.5 Å². The smallest absolute Gasteiger partial charge is 0.325 e. The number of rotatable bonds is 11. The Morgan fingerprint density at radius 2 is 1.74 bits per heavy atom. The molecule has 0 unspecified atom stereocenters. The van der Waals surface area contributed by atoms with Gasteiger partial charge in [-0.2, -0.15) is 0 Å². The highest BCUT2D eigenvalue weighted by molar-refractivity contribution is 7.89. The zero-order valence-corrected chi connectivity index (χ0v) is 20.1. The third-order valence-electron chi connectivity index (χ3n) is 5.27. The van der Waals surface area contributed by atoms with Crippen molar-refractivity contribution < 1.29 is 22.7 Å². The second-order valence-corrected chi connectivity index (χ2v) is 9.26. The normalized spacial score (nSPS) is 11.0. The maximum atomic E-state index is 11.9. The Morgan fingerprint density at radius 3 is 2.40 bits per heavy atom. The topological polar surface area (TPSA) is 149 Å². The van der Waals surface area contributed by atoms with E-state index in [-0.39, 0.29) is 23.2 Å². The Morgan fingerprint density at radius 1 is 1.03 bits per heavy atom. The molecule has 0 aromatic heterocycles. The van der Waals surface area contributed by atoms with Crippen LogP contribution < -0.4 is 20.5 Å². The van der Waals surface area contributed by atoms with Crippen LogP contribution in [0.25, 0.3) is 11.1 Å². The predicted octanol–water partition coefficient (Wildman–Crippen LogP) is 2.73. The van der Waals surface area contributed by atoms with Gasteiger partial charge in [0.2, 0.25) is 10.0 Å². The summed E-state index contributed by atoms with van der Waals surface area (Å²) >= 11 is 0. The minimum atomic E-state index is -3.85. The van der Waals surface area contributed by atoms with E-state index in [1.807, 2.05) is 11.0 Å². The molecule has 5 N–H and O–H groups in total. The number of ether oxygens (including phenoxy) is 2. The molecule has 0 atom stereocenters. The molecule has 35 heavy (non-hydrogen) atoms. The van der Waals surface area contributed by atoms with Gasteiger partial charge in [0.1, 0.15) is 18.1 Å². The van der Waals surface area contributed by atoms with E-state index in [1.54, 1.807) is 60.7 Å². The number of hydrogen-bond acceptors (Lipinski definition) is 7. The summed E-state index contributed by atoms with van der Waals surface area (Å²) in [5.41, 5.74) is 8.14. The van der Waals surface area contributed by atoms with Gasteiger partial charge in [-0.15, -0.1) is 0 Å². The zero-order valence-electron chi connectivity index (χ0n) is 19.3. The summed E-state index contributed by atoms with van der Waals surface area (Å²) in [6.07, 6.45) is 0.608. The van der Waals surface area contributed by atoms with E-state index in [0.717, 1.165) is 5.69 Å². The molecule has 3 aromatic carbocycles. The molecule has 3 rings (SSSR count). The fourth-order valence-corrected chi connectivity index (χ4v) is 4.28. The van der Waals surface area contributed by atoms with Crippen LogP contribution in [0.15, 0.2) is 77.7 Å². The number of esters is 1. The van der Waals surface area contributed by atoms with Gasteiger partial charge in [0.25, 0.3) is 0 Å². The van der Waals surface area contributed by atoms with Crippen molar-refractivity contribution in [2.24, 2.45) is 10.9 Å². The van der Waals surface area contributed by atoms with Crippen LogP contribution in [0.3, 0.4) is 0 Å². The fourth-order valence-electron chi connectivity index (χ4n) is 3.52. The number of benzene rings is 3. The molecule has 184 valence electrons. The van der Waals surface area contributed by atoms with E-state index >= 15 is 0 Å². The molecule has 0 aliphatic rings. The van der Waals surface area contributed by atoms with Crippen LogP contribution in [0.4, 0.5) is 5.69 Å². The van der Waals surface area contributed by atoms with E-state index in [1.165, 1.54) is 13.2 Å². The van der Waals surface area contributed by atoms with Crippen molar-refractivity contribution in [3.05, 3.63) is 78.4 Å². The lowest BCUT2D eigenvalue weighted by Gasteiger charge is -2.24. The van der Waals surface area contributed by atoms with Crippen LogP contribution >= 0.6 is 0 Å². The monoisotopic (exact) mass is 496 g/mol. The van der Waals surface area contributed by atoms with Crippen LogP contribution in [0.1, 0.15) is 12.0 Å². The summed E-state index contributed by atoms with van der Waals surface area (Å²) in [6, 6.07) is 20.7. The Kier molecular flexibility index (Phi) is 8.45. The van der Waals surface area contributed by atoms with Crippen molar-refractivity contribution in [2.75, 3.05) is 31.7 Å². The summed E-state index contributed by atoms with van der Waals surface area (Å²) in [5.74, 6) is 0.192. The first-order valence-corrected chi connectivity index (χ1v) is 12.3. The number of anilines is 1. The lowest BCUT2D eigenvalue weighted by molar-refractivity contribution is -0.138. The average molecular weight is 497 g/mol. The van der Waals surface area contributed by atoms with E-state index in [0.29, 0.717) is 42.0 Å². The van der Waals surface area contributed by atoms with Crippen molar-refractivity contribution in [3.8, 4) is 16.9 Å². The summed E-state index contributed by atoms with van der Waals surface area (Å²) in [7, 11) is -2.51. The third kappa shape index (κ3) is 7.05. The highest BCUT2D eigenvalue weighted by Crippen LogP contribution is 2.28. The maximum absolute atomic E-state index is 11.9. The zero-order chi connectivity index (χ0) is 25.4. The molecular weight excluding hydrogens is 468 g/mol. The van der Waals surface area contributed by atoms with Gasteiger partial charge in [0.05, 0.1) is 18.6 Å². The van der Waals surface area contributed by atoms with Crippen molar-refractivity contribution in [1.82, 2.24) is 0 Å². The number of nitrogens with two attached hydrogens (primary N) is 2. The first-order valence-electron chi connectivity index (χ1n) is 10.8.